The van der Waals surface area contributed by atoms with Gasteiger partial charge in [0.2, 0.25) is 0 Å². The first-order valence-electron chi connectivity index (χ1n) is 4.69. The van der Waals surface area contributed by atoms with Gasteiger partial charge in [-0.15, -0.1) is 11.3 Å². The van der Waals surface area contributed by atoms with Gasteiger partial charge in [0, 0.05) is 24.1 Å². The Labute approximate surface area is 83.9 Å². The predicted molar refractivity (Wildman–Crippen MR) is 57.2 cm³/mol. The van der Waals surface area contributed by atoms with E-state index in [0.717, 1.165) is 19.8 Å². The lowest BCUT2D eigenvalue weighted by Gasteiger charge is -2.11. The highest BCUT2D eigenvalue weighted by Crippen LogP contribution is 2.17. The minimum atomic E-state index is 0.445. The van der Waals surface area contributed by atoms with E-state index in [1.165, 1.54) is 4.88 Å². The summed E-state index contributed by atoms with van der Waals surface area (Å²) in [6, 6.07) is 4.68. The van der Waals surface area contributed by atoms with Crippen LogP contribution in [0.2, 0.25) is 0 Å². The molecule has 0 aliphatic heterocycles. The molecule has 74 valence electrons. The van der Waals surface area contributed by atoms with Gasteiger partial charge in [0.25, 0.3) is 0 Å². The van der Waals surface area contributed by atoms with Crippen molar-refractivity contribution in [1.82, 2.24) is 5.32 Å². The minimum Gasteiger partial charge on any atom is -0.380 e. The maximum absolute atomic E-state index is 5.24. The van der Waals surface area contributed by atoms with Crippen LogP contribution in [0.1, 0.15) is 24.8 Å². The van der Waals surface area contributed by atoms with Crippen molar-refractivity contribution in [2.45, 2.75) is 19.9 Å². The van der Waals surface area contributed by atoms with E-state index in [0.29, 0.717) is 6.04 Å². The highest BCUT2D eigenvalue weighted by molar-refractivity contribution is 7.10. The molecule has 0 saturated carbocycles. The molecular weight excluding hydrogens is 182 g/mol. The third-order valence-electron chi connectivity index (χ3n) is 1.87. The van der Waals surface area contributed by atoms with E-state index in [2.05, 4.69) is 29.8 Å². The average molecular weight is 199 g/mol. The second-order valence-corrected chi connectivity index (χ2v) is 3.87. The molecule has 1 rings (SSSR count). The monoisotopic (exact) mass is 199 g/mol. The zero-order valence-electron chi connectivity index (χ0n) is 8.25. The van der Waals surface area contributed by atoms with Crippen LogP contribution in [0.25, 0.3) is 0 Å². The van der Waals surface area contributed by atoms with Crippen LogP contribution >= 0.6 is 11.3 Å². The van der Waals surface area contributed by atoms with Crippen LogP contribution in [0.4, 0.5) is 0 Å². The maximum atomic E-state index is 5.24. The topological polar surface area (TPSA) is 21.3 Å². The van der Waals surface area contributed by atoms with E-state index < -0.39 is 0 Å². The second-order valence-electron chi connectivity index (χ2n) is 2.89. The molecule has 1 atom stereocenters. The number of ether oxygens (including phenoxy) is 1. The van der Waals surface area contributed by atoms with Crippen LogP contribution in [0, 0.1) is 0 Å². The molecule has 0 spiro atoms. The fourth-order valence-corrected chi connectivity index (χ4v) is 1.89. The van der Waals surface area contributed by atoms with E-state index >= 15 is 0 Å². The van der Waals surface area contributed by atoms with Crippen molar-refractivity contribution >= 4 is 11.3 Å². The van der Waals surface area contributed by atoms with Gasteiger partial charge < -0.3 is 10.1 Å². The molecule has 0 aliphatic carbocycles. The molecule has 1 aromatic rings. The Morgan fingerprint density at radius 3 is 3.08 bits per heavy atom. The summed E-state index contributed by atoms with van der Waals surface area (Å²) in [4.78, 5) is 1.39. The summed E-state index contributed by atoms with van der Waals surface area (Å²) in [7, 11) is 0. The maximum Gasteiger partial charge on any atom is 0.0590 e. The number of hydrogen-bond acceptors (Lipinski definition) is 3. The first-order chi connectivity index (χ1) is 6.34. The quantitative estimate of drug-likeness (QED) is 0.710. The predicted octanol–water partition coefficient (Wildman–Crippen LogP) is 2.44. The lowest BCUT2D eigenvalue weighted by Crippen LogP contribution is -2.22. The van der Waals surface area contributed by atoms with Crippen LogP contribution < -0.4 is 5.32 Å². The summed E-state index contributed by atoms with van der Waals surface area (Å²) in [5.41, 5.74) is 0. The number of nitrogens with one attached hydrogen (secondary N) is 1. The smallest absolute Gasteiger partial charge is 0.0590 e. The van der Waals surface area contributed by atoms with Gasteiger partial charge in [-0.05, 0) is 25.3 Å². The van der Waals surface area contributed by atoms with Crippen molar-refractivity contribution in [3.8, 4) is 0 Å². The second kappa shape index (κ2) is 6.13. The molecule has 1 aromatic heterocycles. The third-order valence-corrected chi connectivity index (χ3v) is 2.93. The van der Waals surface area contributed by atoms with Crippen LogP contribution in [-0.2, 0) is 4.74 Å². The molecule has 0 amide bonds. The molecular formula is C10H17NOS. The molecule has 0 bridgehead atoms. The van der Waals surface area contributed by atoms with Gasteiger partial charge in [0.15, 0.2) is 0 Å². The Morgan fingerprint density at radius 1 is 1.62 bits per heavy atom. The lowest BCUT2D eigenvalue weighted by molar-refractivity contribution is 0.147. The van der Waals surface area contributed by atoms with Gasteiger partial charge in [-0.2, -0.15) is 0 Å². The molecule has 0 aromatic carbocycles. The summed E-state index contributed by atoms with van der Waals surface area (Å²) in [6.45, 7) is 6.72. The number of rotatable bonds is 6. The van der Waals surface area contributed by atoms with Crippen molar-refractivity contribution in [1.29, 1.82) is 0 Å². The first kappa shape index (κ1) is 10.7. The fraction of sp³-hybridized carbons (Fsp3) is 0.600. The highest BCUT2D eigenvalue weighted by atomic mass is 32.1. The molecule has 0 aliphatic rings. The molecule has 3 heteroatoms. The summed E-state index contributed by atoms with van der Waals surface area (Å²) < 4.78 is 5.24. The molecule has 0 radical (unpaired) electrons. The molecule has 0 fully saturated rings. The Hall–Kier alpha value is -0.380. The van der Waals surface area contributed by atoms with E-state index in [-0.39, 0.29) is 0 Å². The summed E-state index contributed by atoms with van der Waals surface area (Å²) in [6.07, 6.45) is 0. The zero-order valence-corrected chi connectivity index (χ0v) is 9.06. The van der Waals surface area contributed by atoms with Gasteiger partial charge in [0.1, 0.15) is 0 Å². The van der Waals surface area contributed by atoms with Gasteiger partial charge in [0.05, 0.1) is 6.61 Å². The van der Waals surface area contributed by atoms with Gasteiger partial charge in [-0.1, -0.05) is 6.07 Å². The minimum absolute atomic E-state index is 0.445. The van der Waals surface area contributed by atoms with Crippen molar-refractivity contribution < 1.29 is 4.74 Å². The van der Waals surface area contributed by atoms with Crippen molar-refractivity contribution in [2.75, 3.05) is 19.8 Å². The standard InChI is InChI=1S/C10H17NOS/c1-3-12-7-6-11-9(2)10-5-4-8-13-10/h4-5,8-9,11H,3,6-7H2,1-2H3/t9-/m0/s1. The Kier molecular flexibility index (Phi) is 5.05. The van der Waals surface area contributed by atoms with Crippen LogP contribution in [0.15, 0.2) is 17.5 Å². The molecule has 0 saturated heterocycles. The van der Waals surface area contributed by atoms with Crippen molar-refractivity contribution in [3.63, 3.8) is 0 Å². The molecule has 2 nitrogen and oxygen atoms in total. The molecule has 1 N–H and O–H groups in total. The van der Waals surface area contributed by atoms with Crippen LogP contribution in [0.5, 0.6) is 0 Å². The van der Waals surface area contributed by atoms with Gasteiger partial charge >= 0.3 is 0 Å². The Balaban J connectivity index is 2.15. The first-order valence-corrected chi connectivity index (χ1v) is 5.57. The largest absolute Gasteiger partial charge is 0.380 e. The molecule has 0 unspecified atom stereocenters. The van der Waals surface area contributed by atoms with E-state index in [1.54, 1.807) is 11.3 Å². The Morgan fingerprint density at radius 2 is 2.46 bits per heavy atom. The number of hydrogen-bond donors (Lipinski definition) is 1. The van der Waals surface area contributed by atoms with Crippen molar-refractivity contribution in [2.24, 2.45) is 0 Å². The zero-order chi connectivity index (χ0) is 9.52. The fourth-order valence-electron chi connectivity index (χ4n) is 1.13. The Bertz CT molecular complexity index is 211. The average Bonchev–Trinajstić information content (AvgIpc) is 2.65. The molecule has 13 heavy (non-hydrogen) atoms. The van der Waals surface area contributed by atoms with E-state index in [9.17, 15) is 0 Å². The van der Waals surface area contributed by atoms with Gasteiger partial charge in [-0.25, -0.2) is 0 Å². The van der Waals surface area contributed by atoms with Crippen LogP contribution in [0.3, 0.4) is 0 Å². The summed E-state index contributed by atoms with van der Waals surface area (Å²) in [5.74, 6) is 0. The third kappa shape index (κ3) is 3.89. The SMILES string of the molecule is CCOCCN[C@@H](C)c1cccs1. The normalized spacial score (nSPS) is 13.1. The van der Waals surface area contributed by atoms with E-state index in [4.69, 9.17) is 4.74 Å². The molecule has 1 heterocycles. The summed E-state index contributed by atoms with van der Waals surface area (Å²) in [5, 5.41) is 5.51. The van der Waals surface area contributed by atoms with E-state index in [1.807, 2.05) is 6.92 Å². The number of thiophene rings is 1. The van der Waals surface area contributed by atoms with Crippen molar-refractivity contribution in [3.05, 3.63) is 22.4 Å². The summed E-state index contributed by atoms with van der Waals surface area (Å²) >= 11 is 1.79. The van der Waals surface area contributed by atoms with Gasteiger partial charge in [-0.3, -0.25) is 0 Å². The lowest BCUT2D eigenvalue weighted by atomic mass is 10.3. The highest BCUT2D eigenvalue weighted by Gasteiger charge is 2.03. The van der Waals surface area contributed by atoms with Crippen LogP contribution in [-0.4, -0.2) is 19.8 Å².